The molecule has 1 aliphatic carbocycles. The second kappa shape index (κ2) is 50.3. The molecule has 0 spiro atoms. The van der Waals surface area contributed by atoms with E-state index in [1.54, 1.807) is 45.6 Å². The Morgan fingerprint density at radius 1 is 0.336 bits per heavy atom. The quantitative estimate of drug-likeness (QED) is 0.0104. The predicted octanol–water partition coefficient (Wildman–Crippen LogP) is 21.4. The van der Waals surface area contributed by atoms with Crippen LogP contribution in [0.15, 0.2) is 243 Å². The van der Waals surface area contributed by atoms with Gasteiger partial charge in [-0.2, -0.15) is 13.2 Å². The van der Waals surface area contributed by atoms with Gasteiger partial charge in [-0.05, 0) is 255 Å². The number of hydrogen-bond donors (Lipinski definition) is 4. The van der Waals surface area contributed by atoms with Gasteiger partial charge < -0.3 is 10.6 Å². The molecule has 1 aliphatic rings. The van der Waals surface area contributed by atoms with Crippen molar-refractivity contribution in [3.05, 3.63) is 360 Å². The summed E-state index contributed by atoms with van der Waals surface area (Å²) >= 11 is 0. The zero-order valence-corrected chi connectivity index (χ0v) is 65.1. The Hall–Kier alpha value is -10.8. The number of ketones is 2. The molecule has 0 bridgehead atoms. The lowest BCUT2D eigenvalue weighted by Crippen LogP contribution is -2.20. The number of nitrogens with one attached hydrogen (secondary N) is 3. The predicted molar refractivity (Wildman–Crippen MR) is 445 cm³/mol. The number of amides is 3. The summed E-state index contributed by atoms with van der Waals surface area (Å²) in [6, 6.07) is 75.6. The van der Waals surface area contributed by atoms with E-state index in [-0.39, 0.29) is 48.7 Å². The number of halogens is 6. The van der Waals surface area contributed by atoms with Gasteiger partial charge in [-0.25, -0.2) is 18.7 Å². The smallest absolute Gasteiger partial charge is 0.359 e. The molecule has 0 aromatic heterocycles. The molecule has 9 nitrogen and oxygen atoms in total. The Balaban J connectivity index is 0.000000220. The molecule has 11 rings (SSSR count). The van der Waals surface area contributed by atoms with E-state index < -0.39 is 29.2 Å². The fourth-order valence-corrected chi connectivity index (χ4v) is 12.9. The van der Waals surface area contributed by atoms with Crippen molar-refractivity contribution in [3.63, 3.8) is 0 Å². The maximum absolute atomic E-state index is 13.5. The number of Topliss-reactive ketones (excluding diaryl/α,β-unsaturated/α-hetero) is 2. The van der Waals surface area contributed by atoms with E-state index in [2.05, 4.69) is 144 Å². The molecule has 10 aromatic carbocycles. The number of alkyl halides is 3. The average Bonchev–Trinajstić information content (AvgIpc) is 1.82. The van der Waals surface area contributed by atoms with Crippen LogP contribution in [0.5, 0.6) is 0 Å². The number of hydroxylamine groups is 1. The van der Waals surface area contributed by atoms with Crippen molar-refractivity contribution >= 4 is 35.4 Å². The van der Waals surface area contributed by atoms with Crippen LogP contribution >= 0.6 is 0 Å². The van der Waals surface area contributed by atoms with Crippen molar-refractivity contribution in [1.29, 1.82) is 0 Å². The van der Waals surface area contributed by atoms with Crippen LogP contribution in [0.1, 0.15) is 179 Å². The van der Waals surface area contributed by atoms with Gasteiger partial charge in [-0.15, -0.1) is 0 Å². The van der Waals surface area contributed by atoms with Crippen LogP contribution in [-0.2, 0) is 133 Å². The van der Waals surface area contributed by atoms with Crippen LogP contribution in [0.25, 0.3) is 6.08 Å². The van der Waals surface area contributed by atoms with Crippen molar-refractivity contribution in [3.8, 4) is 0 Å². The lowest BCUT2D eigenvalue weighted by molar-refractivity contribution is -0.137. The summed E-state index contributed by atoms with van der Waals surface area (Å²) in [7, 11) is 3.29. The van der Waals surface area contributed by atoms with Gasteiger partial charge in [0.2, 0.25) is 17.7 Å². The summed E-state index contributed by atoms with van der Waals surface area (Å²) in [5, 5.41) is 13.7. The highest BCUT2D eigenvalue weighted by Gasteiger charge is 2.30. The number of unbranched alkanes of at least 4 members (excludes halogenated alkanes) is 4. The molecule has 4 N–H and O–H groups in total. The lowest BCUT2D eigenvalue weighted by atomic mass is 9.99. The Labute approximate surface area is 665 Å². The van der Waals surface area contributed by atoms with Gasteiger partial charge in [0.1, 0.15) is 17.4 Å². The molecule has 0 fully saturated rings. The molecule has 596 valence electrons. The number of rotatable bonds is 34. The van der Waals surface area contributed by atoms with Crippen molar-refractivity contribution in [2.75, 3.05) is 14.1 Å². The molecule has 15 heteroatoms. The molecule has 0 saturated carbocycles. The van der Waals surface area contributed by atoms with Crippen molar-refractivity contribution in [2.45, 2.75) is 188 Å². The lowest BCUT2D eigenvalue weighted by Gasteiger charge is -2.08. The summed E-state index contributed by atoms with van der Waals surface area (Å²) in [6.07, 6.45) is 22.2. The largest absolute Gasteiger partial charge is 0.416 e. The highest BCUT2D eigenvalue weighted by molar-refractivity contribution is 5.80. The maximum atomic E-state index is 13.5. The molecular weight excluding hydrogens is 1430 g/mol. The number of allylic oxidation sites excluding steroid dienone is 1. The highest BCUT2D eigenvalue weighted by atomic mass is 19.4. The molecular formula is C98H111F6N3O6. The van der Waals surface area contributed by atoms with Crippen molar-refractivity contribution in [2.24, 2.45) is 0 Å². The standard InChI is InChI=1S/C22H24O.C20H22F3NO.C19H19F3O.C18H21NO2.C18H21NO.CH4/c1-17(23)15-20-11-9-18(10-12-20)5-2-3-6-19-13-14-21-7-4-8-22(21)16-19;1-24-19(25)14-17-8-6-15(7-9-17)4-2-3-5-16-10-12-18(13-11-16)20(21,22)23;1-13(23)10-15-8-6-14(7-9-15)4-2-3-5-16-11-18(21)19(22)12-17(16)20;20-18(19-21)14-17-12-10-16(11-13-17)9-5-4-8-15-6-2-1-3-7-15;1-19-18(20)14-17-12-10-16(11-13-17)9-5-8-15-6-3-2-4-7-15;/h4,8-14,16H,2-3,5-7,15H2,1H3;6-13H,2-5,14H2,1H3,(H,24,25);6-9,11-12H,2-5,10H2,1H3;1-3,6-7,10-13,21H,4-5,8-9,14H2,(H,19,20);2-4,6-7,10-13H,5,8-9,14H2,1H3,(H,19,20);1H4. The maximum Gasteiger partial charge on any atom is 0.416 e. The first-order chi connectivity index (χ1) is 54.1. The molecule has 0 radical (unpaired) electrons. The van der Waals surface area contributed by atoms with Gasteiger partial charge in [0.25, 0.3) is 0 Å². The first kappa shape index (κ1) is 91.1. The third-order valence-corrected chi connectivity index (χ3v) is 19.3. The van der Waals surface area contributed by atoms with E-state index in [1.165, 1.54) is 69.3 Å². The number of fused-ring (bicyclic) bond motifs is 1. The third kappa shape index (κ3) is 36.1. The number of aryl methyl sites for hydroxylation is 10. The number of benzene rings is 10. The van der Waals surface area contributed by atoms with E-state index in [9.17, 15) is 50.3 Å². The molecule has 0 saturated heterocycles. The van der Waals surface area contributed by atoms with E-state index in [4.69, 9.17) is 5.21 Å². The van der Waals surface area contributed by atoms with Crippen LogP contribution < -0.4 is 16.1 Å². The van der Waals surface area contributed by atoms with E-state index >= 15 is 0 Å². The van der Waals surface area contributed by atoms with Crippen LogP contribution in [-0.4, -0.2) is 48.6 Å². The van der Waals surface area contributed by atoms with Gasteiger partial charge in [0.15, 0.2) is 11.6 Å². The number of hydrogen-bond acceptors (Lipinski definition) is 6. The summed E-state index contributed by atoms with van der Waals surface area (Å²) in [5.41, 5.74) is 20.7. The molecule has 10 aromatic rings. The Kier molecular flexibility index (Phi) is 40.5. The SMILES string of the molecule is C.CC(=O)Cc1ccc(CCCCc2cc(F)c(F)cc2F)cc1.CC(=O)Cc1ccc(CCCCc2ccc3c(c2)C=CC3)cc1.CNC(=O)Cc1ccc(CCCCc2ccc(C(F)(F)F)cc2)cc1.CNC(=O)Cc1ccc(CCCc2ccccc2)cc1.O=C(Cc1ccc(CCCCc2ccccc2)cc1)NO. The minimum Gasteiger partial charge on any atom is -0.359 e. The zero-order valence-electron chi connectivity index (χ0n) is 65.1. The number of carbonyl (C=O) groups excluding carboxylic acids is 5. The Morgan fingerprint density at radius 2 is 0.628 bits per heavy atom. The fraction of sp³-hybridized carbons (Fsp3) is 0.316. The van der Waals surface area contributed by atoms with Crippen molar-refractivity contribution < 1.29 is 55.5 Å². The summed E-state index contributed by atoms with van der Waals surface area (Å²) in [4.78, 5) is 55.8. The summed E-state index contributed by atoms with van der Waals surface area (Å²) in [5.74, 6) is -2.85. The van der Waals surface area contributed by atoms with Gasteiger partial charge in [-0.1, -0.05) is 232 Å². The van der Waals surface area contributed by atoms with E-state index in [0.717, 1.165) is 153 Å². The molecule has 0 atom stereocenters. The fourth-order valence-electron chi connectivity index (χ4n) is 12.9. The second-order valence-electron chi connectivity index (χ2n) is 28.6. The van der Waals surface area contributed by atoms with Crippen LogP contribution in [0, 0.1) is 17.5 Å². The van der Waals surface area contributed by atoms with E-state index in [0.29, 0.717) is 44.6 Å². The Morgan fingerprint density at radius 3 is 0.973 bits per heavy atom. The topological polar surface area (TPSA) is 142 Å². The van der Waals surface area contributed by atoms with Crippen molar-refractivity contribution in [1.82, 2.24) is 16.1 Å². The Bertz CT molecular complexity index is 4490. The minimum atomic E-state index is -4.28. The molecule has 0 aliphatic heterocycles. The second-order valence-corrected chi connectivity index (χ2v) is 28.6. The normalized spacial score (nSPS) is 11.0. The average molecular weight is 1540 g/mol. The van der Waals surface area contributed by atoms with Crippen LogP contribution in [0.2, 0.25) is 0 Å². The highest BCUT2D eigenvalue weighted by Crippen LogP contribution is 2.30. The van der Waals surface area contributed by atoms with Crippen LogP contribution in [0.4, 0.5) is 26.3 Å². The van der Waals surface area contributed by atoms with E-state index in [1.807, 2.05) is 78.9 Å². The zero-order chi connectivity index (χ0) is 80.3. The van der Waals surface area contributed by atoms with Crippen LogP contribution in [0.3, 0.4) is 0 Å². The monoisotopic (exact) mass is 1540 g/mol. The van der Waals surface area contributed by atoms with Gasteiger partial charge >= 0.3 is 6.18 Å². The number of likely N-dealkylation sites (N-methyl/N-ethyl adjacent to an activating group) is 2. The van der Waals surface area contributed by atoms with Gasteiger partial charge in [0.05, 0.1) is 24.8 Å². The third-order valence-electron chi connectivity index (χ3n) is 19.3. The summed E-state index contributed by atoms with van der Waals surface area (Å²) in [6.45, 7) is 3.20. The minimum absolute atomic E-state index is 0. The molecule has 3 amide bonds. The first-order valence-electron chi connectivity index (χ1n) is 39.0. The van der Waals surface area contributed by atoms with Gasteiger partial charge in [-0.3, -0.25) is 29.2 Å². The summed E-state index contributed by atoms with van der Waals surface area (Å²) < 4.78 is 77.0. The first-order valence-corrected chi connectivity index (χ1v) is 39.0. The van der Waals surface area contributed by atoms with Gasteiger partial charge in [0, 0.05) is 33.0 Å². The molecule has 0 heterocycles. The molecule has 113 heavy (non-hydrogen) atoms. The molecule has 0 unspecified atom stereocenters. The number of carbonyl (C=O) groups is 5.